The van der Waals surface area contributed by atoms with Gasteiger partial charge in [0.1, 0.15) is 0 Å². The molecule has 0 fully saturated rings. The Hall–Kier alpha value is -6.72. The van der Waals surface area contributed by atoms with Gasteiger partial charge in [-0.1, -0.05) is 133 Å². The van der Waals surface area contributed by atoms with E-state index in [9.17, 15) is 0 Å². The van der Waals surface area contributed by atoms with Crippen molar-refractivity contribution in [2.45, 2.75) is 0 Å². The van der Waals surface area contributed by atoms with Crippen LogP contribution in [-0.2, 0) is 0 Å². The first kappa shape index (κ1) is 32.7. The van der Waals surface area contributed by atoms with Crippen molar-refractivity contribution in [3.63, 3.8) is 0 Å². The van der Waals surface area contributed by atoms with Gasteiger partial charge in [-0.05, 0) is 94.0 Å². The summed E-state index contributed by atoms with van der Waals surface area (Å²) in [5.41, 5.74) is 11.8. The summed E-state index contributed by atoms with van der Waals surface area (Å²) in [5.74, 6) is 0.695. The van der Waals surface area contributed by atoms with Crippen molar-refractivity contribution in [1.82, 2.24) is 9.97 Å². The minimum absolute atomic E-state index is 0.695. The molecule has 11 rings (SSSR count). The molecule has 4 heteroatoms. The minimum atomic E-state index is 0.695. The molecule has 0 aliphatic carbocycles. The summed E-state index contributed by atoms with van der Waals surface area (Å²) in [7, 11) is 0. The molecule has 0 saturated heterocycles. The van der Waals surface area contributed by atoms with Crippen molar-refractivity contribution in [1.29, 1.82) is 0 Å². The van der Waals surface area contributed by atoms with Crippen LogP contribution >= 0.6 is 22.7 Å². The monoisotopic (exact) mass is 748 g/mol. The average molecular weight is 749 g/mol. The maximum absolute atomic E-state index is 5.33. The van der Waals surface area contributed by atoms with Crippen LogP contribution < -0.4 is 0 Å². The van der Waals surface area contributed by atoms with Crippen LogP contribution in [0.25, 0.3) is 108 Å². The number of fused-ring (bicyclic) bond motifs is 6. The third-order valence-electron chi connectivity index (χ3n) is 10.7. The predicted molar refractivity (Wildman–Crippen MR) is 240 cm³/mol. The standard InChI is InChI=1S/C52H32N2S2/c1-3-11-33(12-4-1)34-19-21-36(22-20-34)47-32-46(35-13-5-2-6-14-35)53-52(54-47)41-28-39(37-23-25-50-44(30-37)42-15-7-9-17-48(42)55-50)27-40(29-41)38-24-26-51-45(31-38)43-16-8-10-18-49(43)56-51/h1-32H. The molecule has 56 heavy (non-hydrogen) atoms. The lowest BCUT2D eigenvalue weighted by Gasteiger charge is -2.13. The molecule has 8 aromatic carbocycles. The molecular weight excluding hydrogens is 717 g/mol. The Kier molecular flexibility index (Phi) is 7.90. The first-order valence-corrected chi connectivity index (χ1v) is 20.4. The second-order valence-corrected chi connectivity index (χ2v) is 16.4. The van der Waals surface area contributed by atoms with Gasteiger partial charge in [0.05, 0.1) is 11.4 Å². The van der Waals surface area contributed by atoms with E-state index in [0.29, 0.717) is 5.82 Å². The van der Waals surface area contributed by atoms with Crippen LogP contribution in [0.15, 0.2) is 194 Å². The highest BCUT2D eigenvalue weighted by Crippen LogP contribution is 2.41. The Morgan fingerprint density at radius 2 is 0.643 bits per heavy atom. The molecule has 0 N–H and O–H groups in total. The third-order valence-corrected chi connectivity index (χ3v) is 13.0. The van der Waals surface area contributed by atoms with Gasteiger partial charge < -0.3 is 0 Å². The topological polar surface area (TPSA) is 25.8 Å². The molecule has 0 saturated carbocycles. The smallest absolute Gasteiger partial charge is 0.160 e. The molecule has 0 radical (unpaired) electrons. The lowest BCUT2D eigenvalue weighted by molar-refractivity contribution is 1.18. The summed E-state index contributed by atoms with van der Waals surface area (Å²) < 4.78 is 5.20. The predicted octanol–water partition coefficient (Wildman–Crippen LogP) is 15.2. The fourth-order valence-electron chi connectivity index (χ4n) is 7.85. The fraction of sp³-hybridized carbons (Fsp3) is 0. The number of hydrogen-bond acceptors (Lipinski definition) is 4. The number of aromatic nitrogens is 2. The van der Waals surface area contributed by atoms with E-state index in [4.69, 9.17) is 9.97 Å². The summed E-state index contributed by atoms with van der Waals surface area (Å²) in [6.07, 6.45) is 0. The molecular formula is C52H32N2S2. The zero-order valence-electron chi connectivity index (χ0n) is 30.2. The molecule has 0 atom stereocenters. The number of thiophene rings is 2. The summed E-state index contributed by atoms with van der Waals surface area (Å²) in [6, 6.07) is 69.8. The van der Waals surface area contributed by atoms with Gasteiger partial charge in [-0.15, -0.1) is 22.7 Å². The maximum Gasteiger partial charge on any atom is 0.160 e. The van der Waals surface area contributed by atoms with E-state index in [1.807, 2.05) is 28.7 Å². The first-order valence-electron chi connectivity index (χ1n) is 18.8. The second kappa shape index (κ2) is 13.5. The lowest BCUT2D eigenvalue weighted by Crippen LogP contribution is -1.97. The van der Waals surface area contributed by atoms with E-state index >= 15 is 0 Å². The highest BCUT2D eigenvalue weighted by molar-refractivity contribution is 7.26. The fourth-order valence-corrected chi connectivity index (χ4v) is 10.0. The number of benzene rings is 8. The Morgan fingerprint density at radius 3 is 1.20 bits per heavy atom. The lowest BCUT2D eigenvalue weighted by atomic mass is 9.94. The van der Waals surface area contributed by atoms with Crippen LogP contribution in [0.4, 0.5) is 0 Å². The number of rotatable bonds is 6. The van der Waals surface area contributed by atoms with Crippen molar-refractivity contribution < 1.29 is 0 Å². The summed E-state index contributed by atoms with van der Waals surface area (Å²) in [6.45, 7) is 0. The van der Waals surface area contributed by atoms with Gasteiger partial charge in [0, 0.05) is 57.0 Å². The van der Waals surface area contributed by atoms with Gasteiger partial charge in [-0.3, -0.25) is 0 Å². The summed E-state index contributed by atoms with van der Waals surface area (Å²) >= 11 is 3.70. The second-order valence-electron chi connectivity index (χ2n) is 14.2. The van der Waals surface area contributed by atoms with E-state index < -0.39 is 0 Å². The molecule has 3 aromatic heterocycles. The van der Waals surface area contributed by atoms with Crippen LogP contribution in [0.1, 0.15) is 0 Å². The van der Waals surface area contributed by atoms with E-state index in [0.717, 1.165) is 39.2 Å². The molecule has 0 bridgehead atoms. The van der Waals surface area contributed by atoms with Crippen molar-refractivity contribution >= 4 is 63.0 Å². The van der Waals surface area contributed by atoms with Crippen LogP contribution in [0.2, 0.25) is 0 Å². The quantitative estimate of drug-likeness (QED) is 0.169. The molecule has 262 valence electrons. The Bertz CT molecular complexity index is 3100. The van der Waals surface area contributed by atoms with Gasteiger partial charge in [0.2, 0.25) is 0 Å². The average Bonchev–Trinajstić information content (AvgIpc) is 3.84. The van der Waals surface area contributed by atoms with Crippen molar-refractivity contribution in [2.24, 2.45) is 0 Å². The van der Waals surface area contributed by atoms with Gasteiger partial charge in [-0.2, -0.15) is 0 Å². The molecule has 2 nitrogen and oxygen atoms in total. The minimum Gasteiger partial charge on any atom is -0.228 e. The number of nitrogens with zero attached hydrogens (tertiary/aromatic N) is 2. The Balaban J connectivity index is 1.11. The zero-order chi connectivity index (χ0) is 37.0. The van der Waals surface area contributed by atoms with Gasteiger partial charge in [0.25, 0.3) is 0 Å². The maximum atomic E-state index is 5.33. The molecule has 0 amide bonds. The highest BCUT2D eigenvalue weighted by atomic mass is 32.1. The van der Waals surface area contributed by atoms with Crippen molar-refractivity contribution in [3.8, 4) is 67.3 Å². The summed E-state index contributed by atoms with van der Waals surface area (Å²) in [4.78, 5) is 10.6. The van der Waals surface area contributed by atoms with Crippen LogP contribution in [0.3, 0.4) is 0 Å². The molecule has 0 aliphatic heterocycles. The molecule has 3 heterocycles. The van der Waals surface area contributed by atoms with Crippen molar-refractivity contribution in [3.05, 3.63) is 194 Å². The number of hydrogen-bond donors (Lipinski definition) is 0. The van der Waals surface area contributed by atoms with Gasteiger partial charge in [-0.25, -0.2) is 9.97 Å². The van der Waals surface area contributed by atoms with E-state index in [2.05, 4.69) is 188 Å². The van der Waals surface area contributed by atoms with Gasteiger partial charge in [0.15, 0.2) is 5.82 Å². The Labute approximate surface area is 332 Å². The largest absolute Gasteiger partial charge is 0.228 e. The van der Waals surface area contributed by atoms with E-state index in [1.54, 1.807) is 0 Å². The highest BCUT2D eigenvalue weighted by Gasteiger charge is 2.16. The van der Waals surface area contributed by atoms with Gasteiger partial charge >= 0.3 is 0 Å². The molecule has 11 aromatic rings. The third kappa shape index (κ3) is 5.88. The first-order chi connectivity index (χ1) is 27.7. The summed E-state index contributed by atoms with van der Waals surface area (Å²) in [5, 5.41) is 5.15. The van der Waals surface area contributed by atoms with Crippen LogP contribution in [0.5, 0.6) is 0 Å². The molecule has 0 spiro atoms. The normalized spacial score (nSPS) is 11.6. The molecule has 0 unspecified atom stereocenters. The van der Waals surface area contributed by atoms with E-state index in [1.165, 1.54) is 62.6 Å². The van der Waals surface area contributed by atoms with E-state index in [-0.39, 0.29) is 0 Å². The van der Waals surface area contributed by atoms with Crippen LogP contribution in [-0.4, -0.2) is 9.97 Å². The SMILES string of the molecule is c1ccc(-c2ccc(-c3cc(-c4ccccc4)nc(-c4cc(-c5ccc6sc7ccccc7c6c5)cc(-c5ccc6sc7ccccc7c6c5)c4)n3)cc2)cc1. The Morgan fingerprint density at radius 1 is 0.250 bits per heavy atom. The molecule has 0 aliphatic rings. The van der Waals surface area contributed by atoms with Crippen LogP contribution in [0, 0.1) is 0 Å². The zero-order valence-corrected chi connectivity index (χ0v) is 31.8. The van der Waals surface area contributed by atoms with Crippen molar-refractivity contribution in [2.75, 3.05) is 0 Å².